The van der Waals surface area contributed by atoms with E-state index in [2.05, 4.69) is 4.74 Å². The third-order valence-corrected chi connectivity index (χ3v) is 2.33. The Morgan fingerprint density at radius 3 is 2.35 bits per heavy atom. The first-order valence-electron chi connectivity index (χ1n) is 5.24. The van der Waals surface area contributed by atoms with Crippen LogP contribution < -0.4 is 4.74 Å². The first-order chi connectivity index (χ1) is 8.17. The summed E-state index contributed by atoms with van der Waals surface area (Å²) in [7, 11) is 2.99. The minimum atomic E-state index is -0.358. The van der Waals surface area contributed by atoms with Gasteiger partial charge in [-0.05, 0) is 30.2 Å². The molecule has 0 aliphatic heterocycles. The SMILES string of the molecule is COC(=O)C=CC=C(C)c1ccc(OC)cc1. The first kappa shape index (κ1) is 13.0. The quantitative estimate of drug-likeness (QED) is 0.455. The topological polar surface area (TPSA) is 35.5 Å². The van der Waals surface area contributed by atoms with Crippen LogP contribution in [0.15, 0.2) is 42.5 Å². The summed E-state index contributed by atoms with van der Waals surface area (Å²) in [5, 5.41) is 0. The second kappa shape index (κ2) is 6.53. The molecular weight excluding hydrogens is 216 g/mol. The first-order valence-corrected chi connectivity index (χ1v) is 5.24. The van der Waals surface area contributed by atoms with Gasteiger partial charge in [0, 0.05) is 6.08 Å². The molecule has 17 heavy (non-hydrogen) atoms. The van der Waals surface area contributed by atoms with E-state index < -0.39 is 0 Å². The van der Waals surface area contributed by atoms with Gasteiger partial charge in [-0.2, -0.15) is 0 Å². The Labute approximate surface area is 101 Å². The largest absolute Gasteiger partial charge is 0.497 e. The molecule has 0 amide bonds. The molecule has 0 aliphatic carbocycles. The van der Waals surface area contributed by atoms with Crippen molar-refractivity contribution in [1.29, 1.82) is 0 Å². The van der Waals surface area contributed by atoms with Crippen LogP contribution in [0.5, 0.6) is 5.75 Å². The molecule has 0 aromatic heterocycles. The average Bonchev–Trinajstić information content (AvgIpc) is 2.38. The summed E-state index contributed by atoms with van der Waals surface area (Å²) in [6, 6.07) is 7.74. The lowest BCUT2D eigenvalue weighted by Gasteiger charge is -2.02. The Morgan fingerprint density at radius 2 is 1.82 bits per heavy atom. The van der Waals surface area contributed by atoms with E-state index in [1.807, 2.05) is 37.3 Å². The standard InChI is InChI=1S/C14H16O3/c1-11(5-4-6-14(15)17-3)12-7-9-13(16-2)10-8-12/h4-10H,1-3H3. The molecule has 0 bridgehead atoms. The van der Waals surface area contributed by atoms with Crippen LogP contribution in [0, 0.1) is 0 Å². The summed E-state index contributed by atoms with van der Waals surface area (Å²) in [5.74, 6) is 0.468. The summed E-state index contributed by atoms with van der Waals surface area (Å²) in [5.41, 5.74) is 2.15. The van der Waals surface area contributed by atoms with Crippen molar-refractivity contribution in [3.05, 3.63) is 48.1 Å². The number of rotatable bonds is 4. The van der Waals surface area contributed by atoms with Gasteiger partial charge in [0.2, 0.25) is 0 Å². The molecule has 0 fully saturated rings. The molecule has 0 unspecified atom stereocenters. The van der Waals surface area contributed by atoms with Crippen molar-refractivity contribution < 1.29 is 14.3 Å². The van der Waals surface area contributed by atoms with E-state index in [1.54, 1.807) is 13.2 Å². The van der Waals surface area contributed by atoms with Crippen LogP contribution in [0.3, 0.4) is 0 Å². The molecule has 0 N–H and O–H groups in total. The van der Waals surface area contributed by atoms with Gasteiger partial charge in [-0.3, -0.25) is 0 Å². The molecule has 0 atom stereocenters. The summed E-state index contributed by atoms with van der Waals surface area (Å²) < 4.78 is 9.58. The molecule has 0 saturated heterocycles. The van der Waals surface area contributed by atoms with Gasteiger partial charge in [-0.25, -0.2) is 4.79 Å². The molecule has 3 heteroatoms. The zero-order valence-electron chi connectivity index (χ0n) is 10.3. The smallest absolute Gasteiger partial charge is 0.330 e. The second-order valence-electron chi connectivity index (χ2n) is 3.46. The minimum Gasteiger partial charge on any atom is -0.497 e. The Kier molecular flexibility index (Phi) is 5.01. The monoisotopic (exact) mass is 232 g/mol. The van der Waals surface area contributed by atoms with Crippen LogP contribution in [0.1, 0.15) is 12.5 Å². The van der Waals surface area contributed by atoms with Crippen LogP contribution >= 0.6 is 0 Å². The van der Waals surface area contributed by atoms with Crippen molar-refractivity contribution in [1.82, 2.24) is 0 Å². The van der Waals surface area contributed by atoms with Crippen molar-refractivity contribution in [2.24, 2.45) is 0 Å². The van der Waals surface area contributed by atoms with Gasteiger partial charge in [-0.1, -0.05) is 24.3 Å². The van der Waals surface area contributed by atoms with Crippen LogP contribution in [0.4, 0.5) is 0 Å². The molecule has 1 aromatic rings. The predicted molar refractivity (Wildman–Crippen MR) is 67.8 cm³/mol. The van der Waals surface area contributed by atoms with Crippen LogP contribution in [-0.4, -0.2) is 20.2 Å². The molecule has 0 aliphatic rings. The van der Waals surface area contributed by atoms with Gasteiger partial charge in [0.05, 0.1) is 14.2 Å². The number of hydrogen-bond acceptors (Lipinski definition) is 3. The minimum absolute atomic E-state index is 0.358. The lowest BCUT2D eigenvalue weighted by Crippen LogP contribution is -1.92. The molecule has 0 saturated carbocycles. The zero-order valence-corrected chi connectivity index (χ0v) is 10.3. The number of esters is 1. The molecule has 1 rings (SSSR count). The maximum atomic E-state index is 10.9. The van der Waals surface area contributed by atoms with E-state index in [0.29, 0.717) is 0 Å². The fraction of sp³-hybridized carbons (Fsp3) is 0.214. The number of methoxy groups -OCH3 is 2. The Balaban J connectivity index is 2.74. The number of ether oxygens (including phenoxy) is 2. The van der Waals surface area contributed by atoms with Crippen molar-refractivity contribution in [3.63, 3.8) is 0 Å². The highest BCUT2D eigenvalue weighted by Crippen LogP contribution is 2.17. The Morgan fingerprint density at radius 1 is 1.18 bits per heavy atom. The normalized spacial score (nSPS) is 11.6. The summed E-state index contributed by atoms with van der Waals surface area (Å²) in [6.45, 7) is 1.98. The highest BCUT2D eigenvalue weighted by atomic mass is 16.5. The van der Waals surface area contributed by atoms with Crippen LogP contribution in [0.25, 0.3) is 5.57 Å². The van der Waals surface area contributed by atoms with E-state index in [0.717, 1.165) is 16.9 Å². The summed E-state index contributed by atoms with van der Waals surface area (Å²) in [6.07, 6.45) is 4.91. The second-order valence-corrected chi connectivity index (χ2v) is 3.46. The highest BCUT2D eigenvalue weighted by molar-refractivity contribution is 5.82. The van der Waals surface area contributed by atoms with Crippen molar-refractivity contribution in [2.45, 2.75) is 6.92 Å². The third kappa shape index (κ3) is 4.15. The lowest BCUT2D eigenvalue weighted by molar-refractivity contribution is -0.134. The van der Waals surface area contributed by atoms with Crippen LogP contribution in [-0.2, 0) is 9.53 Å². The third-order valence-electron chi connectivity index (χ3n) is 2.33. The number of allylic oxidation sites excluding steroid dienone is 3. The fourth-order valence-corrected chi connectivity index (χ4v) is 1.29. The van der Waals surface area contributed by atoms with Crippen molar-refractivity contribution >= 4 is 11.5 Å². The van der Waals surface area contributed by atoms with Gasteiger partial charge in [0.1, 0.15) is 5.75 Å². The molecular formula is C14H16O3. The average molecular weight is 232 g/mol. The molecule has 1 aromatic carbocycles. The highest BCUT2D eigenvalue weighted by Gasteiger charge is 1.95. The number of hydrogen-bond donors (Lipinski definition) is 0. The zero-order chi connectivity index (χ0) is 12.7. The van der Waals surface area contributed by atoms with E-state index >= 15 is 0 Å². The predicted octanol–water partition coefficient (Wildman–Crippen LogP) is 2.83. The van der Waals surface area contributed by atoms with E-state index in [9.17, 15) is 4.79 Å². The molecule has 0 spiro atoms. The van der Waals surface area contributed by atoms with E-state index in [1.165, 1.54) is 13.2 Å². The van der Waals surface area contributed by atoms with Crippen LogP contribution in [0.2, 0.25) is 0 Å². The van der Waals surface area contributed by atoms with Crippen molar-refractivity contribution in [2.75, 3.05) is 14.2 Å². The number of carbonyl (C=O) groups excluding carboxylic acids is 1. The Hall–Kier alpha value is -2.03. The van der Waals surface area contributed by atoms with E-state index in [-0.39, 0.29) is 5.97 Å². The van der Waals surface area contributed by atoms with Gasteiger partial charge in [0.25, 0.3) is 0 Å². The number of benzene rings is 1. The van der Waals surface area contributed by atoms with E-state index in [4.69, 9.17) is 4.74 Å². The molecule has 90 valence electrons. The number of carbonyl (C=O) groups is 1. The fourth-order valence-electron chi connectivity index (χ4n) is 1.29. The molecule has 0 heterocycles. The molecule has 3 nitrogen and oxygen atoms in total. The Bertz CT molecular complexity index is 427. The van der Waals surface area contributed by atoms with Crippen molar-refractivity contribution in [3.8, 4) is 5.75 Å². The van der Waals surface area contributed by atoms with Gasteiger partial charge < -0.3 is 9.47 Å². The summed E-state index contributed by atoms with van der Waals surface area (Å²) >= 11 is 0. The molecule has 0 radical (unpaired) electrons. The van der Waals surface area contributed by atoms with Gasteiger partial charge in [-0.15, -0.1) is 0 Å². The maximum absolute atomic E-state index is 10.9. The summed E-state index contributed by atoms with van der Waals surface area (Å²) in [4.78, 5) is 10.9. The van der Waals surface area contributed by atoms with Gasteiger partial charge in [0.15, 0.2) is 0 Å². The maximum Gasteiger partial charge on any atom is 0.330 e. The van der Waals surface area contributed by atoms with Gasteiger partial charge >= 0.3 is 5.97 Å². The lowest BCUT2D eigenvalue weighted by atomic mass is 10.1.